The fourth-order valence-electron chi connectivity index (χ4n) is 3.22. The summed E-state index contributed by atoms with van der Waals surface area (Å²) in [5, 5.41) is 3.42. The molecule has 0 aliphatic heterocycles. The van der Waals surface area contributed by atoms with Gasteiger partial charge in [0.2, 0.25) is 0 Å². The van der Waals surface area contributed by atoms with Crippen LogP contribution in [0, 0.1) is 4.77 Å². The predicted molar refractivity (Wildman–Crippen MR) is 122 cm³/mol. The Morgan fingerprint density at radius 3 is 2.73 bits per heavy atom. The van der Waals surface area contributed by atoms with Gasteiger partial charge in [0, 0.05) is 51.6 Å². The molecule has 0 radical (unpaired) electrons. The van der Waals surface area contributed by atoms with Gasteiger partial charge in [0.25, 0.3) is 11.5 Å². The zero-order chi connectivity index (χ0) is 21.5. The number of likely N-dealkylation sites (N-methyl/N-ethyl adjacent to an activating group) is 1. The van der Waals surface area contributed by atoms with Gasteiger partial charge >= 0.3 is 0 Å². The van der Waals surface area contributed by atoms with Crippen molar-refractivity contribution in [2.75, 3.05) is 38.8 Å². The van der Waals surface area contributed by atoms with Gasteiger partial charge in [-0.1, -0.05) is 18.2 Å². The summed E-state index contributed by atoms with van der Waals surface area (Å²) in [7, 11) is 3.60. The van der Waals surface area contributed by atoms with Crippen molar-refractivity contribution >= 4 is 34.7 Å². The van der Waals surface area contributed by atoms with Crippen LogP contribution in [0.5, 0.6) is 0 Å². The van der Waals surface area contributed by atoms with Crippen molar-refractivity contribution in [1.29, 1.82) is 0 Å². The second-order valence-corrected chi connectivity index (χ2v) is 7.39. The highest BCUT2D eigenvalue weighted by Crippen LogP contribution is 2.12. The predicted octanol–water partition coefficient (Wildman–Crippen LogP) is 2.96. The summed E-state index contributed by atoms with van der Waals surface area (Å²) in [6, 6.07) is 15.0. The number of methoxy groups -OCH3 is 1. The molecule has 0 aliphatic carbocycles. The Hall–Kier alpha value is -2.97. The maximum absolute atomic E-state index is 12.7. The van der Waals surface area contributed by atoms with Crippen LogP contribution in [0.4, 0.5) is 5.69 Å². The number of aromatic amines is 1. The number of fused-ring (bicyclic) bond motifs is 1. The minimum absolute atomic E-state index is 0.165. The van der Waals surface area contributed by atoms with Crippen LogP contribution in [0.25, 0.3) is 10.9 Å². The molecule has 0 bridgehead atoms. The molecule has 0 unspecified atom stereocenters. The fraction of sp³-hybridized carbons (Fsp3) is 0.318. The molecule has 1 aromatic heterocycles. The SMILES string of the molecule is COCCCn1c(=S)[nH]c2cc(C(=O)NCCN(C)c3ccccc3)ccc2c1=O. The van der Waals surface area contributed by atoms with E-state index in [1.165, 1.54) is 4.57 Å². The van der Waals surface area contributed by atoms with E-state index >= 15 is 0 Å². The Morgan fingerprint density at radius 2 is 2.00 bits per heavy atom. The maximum atomic E-state index is 12.7. The number of nitrogens with zero attached hydrogens (tertiary/aromatic N) is 2. The van der Waals surface area contributed by atoms with Gasteiger partial charge in [-0.15, -0.1) is 0 Å². The molecular formula is C22H26N4O3S. The summed E-state index contributed by atoms with van der Waals surface area (Å²) in [6.07, 6.45) is 0.692. The van der Waals surface area contributed by atoms with Crippen molar-refractivity contribution in [2.45, 2.75) is 13.0 Å². The lowest BCUT2D eigenvalue weighted by molar-refractivity contribution is 0.0955. The van der Waals surface area contributed by atoms with Crippen LogP contribution < -0.4 is 15.8 Å². The highest BCUT2D eigenvalue weighted by Gasteiger charge is 2.11. The van der Waals surface area contributed by atoms with Crippen LogP contribution >= 0.6 is 12.2 Å². The molecule has 2 aromatic carbocycles. The number of carbonyl (C=O) groups excluding carboxylic acids is 1. The molecule has 0 saturated heterocycles. The number of nitrogens with one attached hydrogen (secondary N) is 2. The monoisotopic (exact) mass is 426 g/mol. The largest absolute Gasteiger partial charge is 0.385 e. The third-order valence-corrected chi connectivity index (χ3v) is 5.23. The standard InChI is InChI=1S/C22H26N4O3S/c1-25(17-7-4-3-5-8-17)13-11-23-20(27)16-9-10-18-19(15-16)24-22(30)26(21(18)28)12-6-14-29-2/h3-5,7-10,15H,6,11-14H2,1-2H3,(H,23,27)(H,24,30). The molecule has 0 saturated carbocycles. The van der Waals surface area contributed by atoms with Gasteiger partial charge in [-0.2, -0.15) is 0 Å². The minimum atomic E-state index is -0.193. The van der Waals surface area contributed by atoms with Crippen LogP contribution in [0.2, 0.25) is 0 Å². The number of H-pyrrole nitrogens is 1. The molecule has 1 heterocycles. The van der Waals surface area contributed by atoms with E-state index in [-0.39, 0.29) is 11.5 Å². The molecule has 2 N–H and O–H groups in total. The number of anilines is 1. The third-order valence-electron chi connectivity index (χ3n) is 4.90. The number of benzene rings is 2. The number of hydrogen-bond acceptors (Lipinski definition) is 5. The van der Waals surface area contributed by atoms with Crippen LogP contribution in [0.15, 0.2) is 53.3 Å². The Labute approximate surface area is 180 Å². The molecule has 158 valence electrons. The molecule has 1 amide bonds. The average Bonchev–Trinajstić information content (AvgIpc) is 2.76. The molecule has 8 heteroatoms. The summed E-state index contributed by atoms with van der Waals surface area (Å²) >= 11 is 5.33. The number of para-hydroxylation sites is 1. The zero-order valence-corrected chi connectivity index (χ0v) is 18.0. The number of amides is 1. The Balaban J connectivity index is 1.69. The van der Waals surface area contributed by atoms with Crippen molar-refractivity contribution in [3.05, 3.63) is 69.2 Å². The first-order chi connectivity index (χ1) is 14.5. The van der Waals surface area contributed by atoms with E-state index in [0.29, 0.717) is 53.9 Å². The van der Waals surface area contributed by atoms with Crippen LogP contribution in [0.1, 0.15) is 16.8 Å². The number of rotatable bonds is 9. The summed E-state index contributed by atoms with van der Waals surface area (Å²) in [5.41, 5.74) is 1.96. The highest BCUT2D eigenvalue weighted by molar-refractivity contribution is 7.71. The highest BCUT2D eigenvalue weighted by atomic mass is 32.1. The minimum Gasteiger partial charge on any atom is -0.385 e. The molecule has 0 fully saturated rings. The number of aromatic nitrogens is 2. The van der Waals surface area contributed by atoms with Crippen molar-refractivity contribution in [1.82, 2.24) is 14.9 Å². The van der Waals surface area contributed by atoms with Gasteiger partial charge in [0.15, 0.2) is 4.77 Å². The maximum Gasteiger partial charge on any atom is 0.262 e. The number of hydrogen-bond donors (Lipinski definition) is 2. The average molecular weight is 427 g/mol. The Morgan fingerprint density at radius 1 is 1.23 bits per heavy atom. The Bertz CT molecular complexity index is 1120. The zero-order valence-electron chi connectivity index (χ0n) is 17.2. The van der Waals surface area contributed by atoms with E-state index in [9.17, 15) is 9.59 Å². The number of carbonyl (C=O) groups is 1. The van der Waals surface area contributed by atoms with E-state index < -0.39 is 0 Å². The van der Waals surface area contributed by atoms with E-state index in [1.807, 2.05) is 37.4 Å². The molecule has 0 aliphatic rings. The second-order valence-electron chi connectivity index (χ2n) is 7.01. The summed E-state index contributed by atoms with van der Waals surface area (Å²) < 4.78 is 6.90. The first-order valence-corrected chi connectivity index (χ1v) is 10.2. The van der Waals surface area contributed by atoms with E-state index in [2.05, 4.69) is 15.2 Å². The quantitative estimate of drug-likeness (QED) is 0.406. The lowest BCUT2D eigenvalue weighted by Crippen LogP contribution is -2.33. The third kappa shape index (κ3) is 5.14. The van der Waals surface area contributed by atoms with Gasteiger partial charge in [0.1, 0.15) is 0 Å². The van der Waals surface area contributed by atoms with Crippen LogP contribution in [0.3, 0.4) is 0 Å². The smallest absolute Gasteiger partial charge is 0.262 e. The fourth-order valence-corrected chi connectivity index (χ4v) is 3.50. The molecule has 0 atom stereocenters. The van der Waals surface area contributed by atoms with Crippen LogP contribution in [-0.4, -0.2) is 49.3 Å². The van der Waals surface area contributed by atoms with Gasteiger partial charge in [-0.05, 0) is 49.0 Å². The van der Waals surface area contributed by atoms with Gasteiger partial charge < -0.3 is 19.9 Å². The molecule has 7 nitrogen and oxygen atoms in total. The van der Waals surface area contributed by atoms with Crippen molar-refractivity contribution in [3.8, 4) is 0 Å². The van der Waals surface area contributed by atoms with Crippen molar-refractivity contribution in [3.63, 3.8) is 0 Å². The topological polar surface area (TPSA) is 79.4 Å². The van der Waals surface area contributed by atoms with Crippen molar-refractivity contribution in [2.24, 2.45) is 0 Å². The van der Waals surface area contributed by atoms with Gasteiger partial charge in [-0.25, -0.2) is 0 Å². The first kappa shape index (κ1) is 21.7. The summed E-state index contributed by atoms with van der Waals surface area (Å²) in [5.74, 6) is -0.193. The van der Waals surface area contributed by atoms with E-state index in [1.54, 1.807) is 25.3 Å². The van der Waals surface area contributed by atoms with E-state index in [4.69, 9.17) is 17.0 Å². The molecule has 3 aromatic rings. The van der Waals surface area contributed by atoms with Crippen molar-refractivity contribution < 1.29 is 9.53 Å². The lowest BCUT2D eigenvalue weighted by Gasteiger charge is -2.19. The molecule has 3 rings (SSSR count). The summed E-state index contributed by atoms with van der Waals surface area (Å²) in [4.78, 5) is 30.4. The van der Waals surface area contributed by atoms with Crippen LogP contribution in [-0.2, 0) is 11.3 Å². The Kier molecular flexibility index (Phi) is 7.37. The molecular weight excluding hydrogens is 400 g/mol. The second kappa shape index (κ2) is 10.2. The van der Waals surface area contributed by atoms with Gasteiger partial charge in [0.05, 0.1) is 10.9 Å². The number of ether oxygens (including phenoxy) is 1. The van der Waals surface area contributed by atoms with E-state index in [0.717, 1.165) is 5.69 Å². The molecule has 30 heavy (non-hydrogen) atoms. The lowest BCUT2D eigenvalue weighted by atomic mass is 10.1. The summed E-state index contributed by atoms with van der Waals surface area (Å²) in [6.45, 7) is 2.21. The normalized spacial score (nSPS) is 10.9. The molecule has 0 spiro atoms. The van der Waals surface area contributed by atoms with Gasteiger partial charge in [-0.3, -0.25) is 14.2 Å². The first-order valence-electron chi connectivity index (χ1n) is 9.81.